The number of alkyl halides is 3. The Morgan fingerprint density at radius 2 is 1.75 bits per heavy atom. The Morgan fingerprint density at radius 3 is 2.33 bits per heavy atom. The highest BCUT2D eigenvalue weighted by molar-refractivity contribution is 6.06. The molecule has 0 atom stereocenters. The number of hydrogen-bond donors (Lipinski definition) is 2. The van der Waals surface area contributed by atoms with Crippen molar-refractivity contribution in [3.05, 3.63) is 59.2 Å². The summed E-state index contributed by atoms with van der Waals surface area (Å²) in [5, 5.41) is 2.34. The van der Waals surface area contributed by atoms with Crippen LogP contribution < -0.4 is 15.8 Å². The van der Waals surface area contributed by atoms with Crippen LogP contribution in [0.3, 0.4) is 0 Å². The number of benzene rings is 2. The highest BCUT2D eigenvalue weighted by Gasteiger charge is 2.30. The summed E-state index contributed by atoms with van der Waals surface area (Å²) in [6, 6.07) is 8.13. The van der Waals surface area contributed by atoms with Crippen LogP contribution in [0.4, 0.5) is 18.9 Å². The zero-order chi connectivity index (χ0) is 17.9. The van der Waals surface area contributed by atoms with Gasteiger partial charge in [0.15, 0.2) is 0 Å². The molecule has 0 saturated heterocycles. The van der Waals surface area contributed by atoms with Gasteiger partial charge in [0.25, 0.3) is 5.91 Å². The van der Waals surface area contributed by atoms with Crippen LogP contribution in [0.15, 0.2) is 42.5 Å². The maximum Gasteiger partial charge on any atom is 0.416 e. The Morgan fingerprint density at radius 1 is 1.08 bits per heavy atom. The van der Waals surface area contributed by atoms with Gasteiger partial charge in [-0.1, -0.05) is 6.07 Å². The molecule has 0 aliphatic rings. The number of rotatable bonds is 4. The summed E-state index contributed by atoms with van der Waals surface area (Å²) < 4.78 is 43.0. The van der Waals surface area contributed by atoms with E-state index in [1.807, 2.05) is 0 Å². The van der Waals surface area contributed by atoms with Crippen LogP contribution >= 0.6 is 0 Å². The molecule has 0 aliphatic heterocycles. The quantitative estimate of drug-likeness (QED) is 0.899. The molecule has 0 unspecified atom stereocenters. The van der Waals surface area contributed by atoms with Gasteiger partial charge in [-0.2, -0.15) is 13.2 Å². The number of hydrogen-bond acceptors (Lipinski definition) is 3. The Bertz CT molecular complexity index is 788. The van der Waals surface area contributed by atoms with Crippen molar-refractivity contribution in [1.29, 1.82) is 0 Å². The fourth-order valence-electron chi connectivity index (χ4n) is 1.97. The van der Waals surface area contributed by atoms with E-state index in [0.717, 1.165) is 12.1 Å². The third-order valence-electron chi connectivity index (χ3n) is 3.14. The minimum Gasteiger partial charge on any atom is -0.497 e. The standard InChI is InChI=1S/C16H13F3N2O3/c1-24-13-6-9(14(20)22)5-10(7-13)15(23)21-12-4-2-3-11(8-12)16(17,18)19/h2-8H,1H3,(H2,20,22)(H,21,23). The number of ether oxygens (including phenoxy) is 1. The number of methoxy groups -OCH3 is 1. The van der Waals surface area contributed by atoms with Crippen molar-refractivity contribution in [2.75, 3.05) is 12.4 Å². The number of nitrogens with one attached hydrogen (secondary N) is 1. The first-order valence-electron chi connectivity index (χ1n) is 6.68. The minimum absolute atomic E-state index is 0.0283. The molecule has 24 heavy (non-hydrogen) atoms. The molecular weight excluding hydrogens is 325 g/mol. The van der Waals surface area contributed by atoms with Gasteiger partial charge in [0.05, 0.1) is 12.7 Å². The van der Waals surface area contributed by atoms with Gasteiger partial charge in [-0.05, 0) is 36.4 Å². The molecule has 0 radical (unpaired) electrons. The second-order valence-corrected chi connectivity index (χ2v) is 4.85. The van der Waals surface area contributed by atoms with E-state index in [1.54, 1.807) is 0 Å². The van der Waals surface area contributed by atoms with E-state index in [9.17, 15) is 22.8 Å². The fraction of sp³-hybridized carbons (Fsp3) is 0.125. The van der Waals surface area contributed by atoms with Crippen LogP contribution in [0.2, 0.25) is 0 Å². The van der Waals surface area contributed by atoms with Crippen molar-refractivity contribution in [1.82, 2.24) is 0 Å². The highest BCUT2D eigenvalue weighted by Crippen LogP contribution is 2.30. The third kappa shape index (κ3) is 4.03. The van der Waals surface area contributed by atoms with Gasteiger partial charge in [-0.3, -0.25) is 9.59 Å². The molecule has 3 N–H and O–H groups in total. The van der Waals surface area contributed by atoms with E-state index < -0.39 is 23.6 Å². The van der Waals surface area contributed by atoms with E-state index in [1.165, 1.54) is 37.4 Å². The molecule has 0 bridgehead atoms. The van der Waals surface area contributed by atoms with Crippen LogP contribution in [0, 0.1) is 0 Å². The molecule has 2 amide bonds. The first kappa shape index (κ1) is 17.3. The lowest BCUT2D eigenvalue weighted by Crippen LogP contribution is -2.16. The van der Waals surface area contributed by atoms with Crippen LogP contribution in [-0.4, -0.2) is 18.9 Å². The average Bonchev–Trinajstić information content (AvgIpc) is 2.53. The minimum atomic E-state index is -4.52. The van der Waals surface area contributed by atoms with Crippen molar-refractivity contribution >= 4 is 17.5 Å². The highest BCUT2D eigenvalue weighted by atomic mass is 19.4. The molecule has 2 aromatic carbocycles. The summed E-state index contributed by atoms with van der Waals surface area (Å²) in [6.45, 7) is 0. The maximum atomic E-state index is 12.7. The van der Waals surface area contributed by atoms with Gasteiger partial charge >= 0.3 is 6.18 Å². The molecule has 8 heteroatoms. The van der Waals surface area contributed by atoms with E-state index in [2.05, 4.69) is 5.32 Å². The number of carbonyl (C=O) groups is 2. The molecular formula is C16H13F3N2O3. The summed E-state index contributed by atoms with van der Waals surface area (Å²) in [6.07, 6.45) is -4.52. The number of primary amides is 1. The first-order chi connectivity index (χ1) is 11.2. The Labute approximate surface area is 135 Å². The monoisotopic (exact) mass is 338 g/mol. The Balaban J connectivity index is 2.30. The normalized spacial score (nSPS) is 11.0. The molecule has 0 aliphatic carbocycles. The second-order valence-electron chi connectivity index (χ2n) is 4.85. The maximum absolute atomic E-state index is 12.7. The zero-order valence-corrected chi connectivity index (χ0v) is 12.5. The van der Waals surface area contributed by atoms with Gasteiger partial charge in [0.2, 0.25) is 5.91 Å². The molecule has 2 rings (SSSR count). The van der Waals surface area contributed by atoms with Crippen molar-refractivity contribution in [2.45, 2.75) is 6.18 Å². The smallest absolute Gasteiger partial charge is 0.416 e. The van der Waals surface area contributed by atoms with Gasteiger partial charge in [0.1, 0.15) is 5.75 Å². The number of anilines is 1. The SMILES string of the molecule is COc1cc(C(N)=O)cc(C(=O)Nc2cccc(C(F)(F)F)c2)c1. The van der Waals surface area contributed by atoms with Gasteiger partial charge in [-0.25, -0.2) is 0 Å². The third-order valence-corrected chi connectivity index (χ3v) is 3.14. The number of amides is 2. The molecule has 2 aromatic rings. The lowest BCUT2D eigenvalue weighted by molar-refractivity contribution is -0.137. The van der Waals surface area contributed by atoms with E-state index >= 15 is 0 Å². The van der Waals surface area contributed by atoms with Crippen molar-refractivity contribution in [3.63, 3.8) is 0 Å². The Kier molecular flexibility index (Phi) is 4.77. The molecule has 0 aromatic heterocycles. The summed E-state index contributed by atoms with van der Waals surface area (Å²) >= 11 is 0. The predicted octanol–water partition coefficient (Wildman–Crippen LogP) is 3.07. The van der Waals surface area contributed by atoms with Crippen LogP contribution in [0.1, 0.15) is 26.3 Å². The lowest BCUT2D eigenvalue weighted by Gasteiger charge is -2.11. The summed E-state index contributed by atoms with van der Waals surface area (Å²) in [7, 11) is 1.34. The second kappa shape index (κ2) is 6.61. The van der Waals surface area contributed by atoms with Crippen molar-refractivity contribution in [3.8, 4) is 5.75 Å². The molecule has 0 spiro atoms. The van der Waals surface area contributed by atoms with E-state index in [-0.39, 0.29) is 22.6 Å². The lowest BCUT2D eigenvalue weighted by atomic mass is 10.1. The molecule has 126 valence electrons. The number of carbonyl (C=O) groups excluding carboxylic acids is 2. The van der Waals surface area contributed by atoms with Crippen LogP contribution in [0.25, 0.3) is 0 Å². The summed E-state index contributed by atoms with van der Waals surface area (Å²) in [5.74, 6) is -1.24. The largest absolute Gasteiger partial charge is 0.497 e. The number of nitrogens with two attached hydrogens (primary N) is 1. The van der Waals surface area contributed by atoms with Gasteiger partial charge in [-0.15, -0.1) is 0 Å². The summed E-state index contributed by atoms with van der Waals surface area (Å²) in [5.41, 5.74) is 4.33. The van der Waals surface area contributed by atoms with Gasteiger partial charge < -0.3 is 15.8 Å². The predicted molar refractivity (Wildman–Crippen MR) is 80.9 cm³/mol. The zero-order valence-electron chi connectivity index (χ0n) is 12.5. The van der Waals surface area contributed by atoms with E-state index in [4.69, 9.17) is 10.5 Å². The molecule has 0 saturated carbocycles. The molecule has 0 fully saturated rings. The van der Waals surface area contributed by atoms with Crippen molar-refractivity contribution in [2.24, 2.45) is 5.73 Å². The van der Waals surface area contributed by atoms with Crippen LogP contribution in [-0.2, 0) is 6.18 Å². The first-order valence-corrected chi connectivity index (χ1v) is 6.68. The number of halogens is 3. The van der Waals surface area contributed by atoms with Crippen molar-refractivity contribution < 1.29 is 27.5 Å². The molecule has 5 nitrogen and oxygen atoms in total. The average molecular weight is 338 g/mol. The fourth-order valence-corrected chi connectivity index (χ4v) is 1.97. The summed E-state index contributed by atoms with van der Waals surface area (Å²) in [4.78, 5) is 23.5. The molecule has 0 heterocycles. The van der Waals surface area contributed by atoms with Crippen LogP contribution in [0.5, 0.6) is 5.75 Å². The van der Waals surface area contributed by atoms with E-state index in [0.29, 0.717) is 0 Å². The topological polar surface area (TPSA) is 81.4 Å². The van der Waals surface area contributed by atoms with Gasteiger partial charge in [0, 0.05) is 16.8 Å². The Hall–Kier alpha value is -3.03.